The Morgan fingerprint density at radius 2 is 1.79 bits per heavy atom. The van der Waals surface area contributed by atoms with Crippen molar-refractivity contribution in [2.24, 2.45) is 0 Å². The van der Waals surface area contributed by atoms with E-state index in [-0.39, 0.29) is 0 Å². The Labute approximate surface area is 98.9 Å². The van der Waals surface area contributed by atoms with Gasteiger partial charge in [0.15, 0.2) is 0 Å². The molecule has 0 atom stereocenters. The predicted molar refractivity (Wildman–Crippen MR) is 63.3 cm³/mol. The summed E-state index contributed by atoms with van der Waals surface area (Å²) in [4.78, 5) is 10.7. The van der Waals surface area contributed by atoms with Crippen molar-refractivity contribution in [2.75, 3.05) is 0 Å². The lowest BCUT2D eigenvalue weighted by atomic mass is 10.1. The second-order valence-electron chi connectivity index (χ2n) is 2.75. The summed E-state index contributed by atoms with van der Waals surface area (Å²) in [6.45, 7) is 1.56. The topological polar surface area (TPSA) is 37.3 Å². The van der Waals surface area contributed by atoms with E-state index in [9.17, 15) is 4.79 Å². The molecule has 4 heteroatoms. The van der Waals surface area contributed by atoms with Crippen LogP contribution in [-0.2, 0) is 4.79 Å². The first-order chi connectivity index (χ1) is 6.52. The number of benzene rings is 1. The van der Waals surface area contributed by atoms with Gasteiger partial charge < -0.3 is 5.11 Å². The van der Waals surface area contributed by atoms with Crippen molar-refractivity contribution >= 4 is 42.3 Å². The summed E-state index contributed by atoms with van der Waals surface area (Å²) in [6.07, 6.45) is 0. The highest BCUT2D eigenvalue weighted by atomic mass is 79.9. The third-order valence-corrected chi connectivity index (χ3v) is 3.33. The molecule has 0 aliphatic rings. The second kappa shape index (κ2) is 4.75. The smallest absolute Gasteiger partial charge is 0.332 e. The molecule has 0 saturated carbocycles. The number of carbonyl (C=O) groups is 1. The van der Waals surface area contributed by atoms with Crippen LogP contribution in [0.1, 0.15) is 12.5 Å². The highest BCUT2D eigenvalue weighted by Gasteiger charge is 2.08. The average Bonchev–Trinajstić information content (AvgIpc) is 2.16. The standard InChI is InChI=1S/C10H8Br2O2/c1-6(10(13)14)9(12)7-2-4-8(11)5-3-7/h2-5H,1H3,(H,13,14). The van der Waals surface area contributed by atoms with Crippen LogP contribution in [0, 0.1) is 0 Å². The molecule has 2 nitrogen and oxygen atoms in total. The van der Waals surface area contributed by atoms with E-state index in [1.54, 1.807) is 6.92 Å². The molecule has 0 saturated heterocycles. The summed E-state index contributed by atoms with van der Waals surface area (Å²) in [7, 11) is 0. The van der Waals surface area contributed by atoms with Crippen molar-refractivity contribution in [2.45, 2.75) is 6.92 Å². The van der Waals surface area contributed by atoms with Crippen LogP contribution in [0.15, 0.2) is 34.3 Å². The summed E-state index contributed by atoms with van der Waals surface area (Å²) in [5.41, 5.74) is 1.15. The van der Waals surface area contributed by atoms with Crippen molar-refractivity contribution < 1.29 is 9.90 Å². The maximum absolute atomic E-state index is 10.7. The third kappa shape index (κ3) is 2.69. The molecule has 0 radical (unpaired) electrons. The van der Waals surface area contributed by atoms with E-state index in [0.717, 1.165) is 10.0 Å². The van der Waals surface area contributed by atoms with Gasteiger partial charge in [0.2, 0.25) is 0 Å². The molecule has 0 amide bonds. The number of carboxylic acid groups (broad SMARTS) is 1. The zero-order chi connectivity index (χ0) is 10.7. The summed E-state index contributed by atoms with van der Waals surface area (Å²) >= 11 is 6.57. The van der Waals surface area contributed by atoms with E-state index >= 15 is 0 Å². The maximum atomic E-state index is 10.7. The lowest BCUT2D eigenvalue weighted by molar-refractivity contribution is -0.132. The van der Waals surface area contributed by atoms with E-state index in [1.165, 1.54) is 0 Å². The van der Waals surface area contributed by atoms with Crippen LogP contribution in [0.2, 0.25) is 0 Å². The molecular weight excluding hydrogens is 312 g/mol. The summed E-state index contributed by atoms with van der Waals surface area (Å²) in [6, 6.07) is 7.43. The molecule has 0 aromatic heterocycles. The van der Waals surface area contributed by atoms with Gasteiger partial charge in [-0.25, -0.2) is 4.79 Å². The molecule has 1 aromatic rings. The van der Waals surface area contributed by atoms with Crippen molar-refractivity contribution in [1.29, 1.82) is 0 Å². The van der Waals surface area contributed by atoms with Gasteiger partial charge in [-0.2, -0.15) is 0 Å². The Kier molecular flexibility index (Phi) is 3.89. The Morgan fingerprint density at radius 1 is 1.29 bits per heavy atom. The van der Waals surface area contributed by atoms with Crippen LogP contribution >= 0.6 is 31.9 Å². The Balaban J connectivity index is 3.12. The second-order valence-corrected chi connectivity index (χ2v) is 4.46. The fourth-order valence-electron chi connectivity index (χ4n) is 0.907. The number of halogens is 2. The maximum Gasteiger partial charge on any atom is 0.332 e. The molecule has 14 heavy (non-hydrogen) atoms. The van der Waals surface area contributed by atoms with Crippen LogP contribution in [-0.4, -0.2) is 11.1 Å². The van der Waals surface area contributed by atoms with Crippen molar-refractivity contribution in [3.8, 4) is 0 Å². The number of carboxylic acids is 1. The first kappa shape index (κ1) is 11.5. The normalized spacial score (nSPS) is 12.2. The quantitative estimate of drug-likeness (QED) is 0.845. The van der Waals surface area contributed by atoms with E-state index < -0.39 is 5.97 Å². The zero-order valence-electron chi connectivity index (χ0n) is 7.42. The Bertz CT molecular complexity index is 380. The van der Waals surface area contributed by atoms with E-state index in [1.807, 2.05) is 24.3 Å². The van der Waals surface area contributed by atoms with Gasteiger partial charge in [0.25, 0.3) is 0 Å². The minimum atomic E-state index is -0.917. The number of hydrogen-bond donors (Lipinski definition) is 1. The van der Waals surface area contributed by atoms with Gasteiger partial charge in [0.1, 0.15) is 0 Å². The number of rotatable bonds is 2. The Morgan fingerprint density at radius 3 is 2.21 bits per heavy atom. The van der Waals surface area contributed by atoms with Crippen LogP contribution in [0.3, 0.4) is 0 Å². The first-order valence-corrected chi connectivity index (χ1v) is 5.46. The molecule has 1 N–H and O–H groups in total. The highest BCUT2D eigenvalue weighted by Crippen LogP contribution is 2.26. The average molecular weight is 320 g/mol. The summed E-state index contributed by atoms with van der Waals surface area (Å²) in [5, 5.41) is 8.77. The molecule has 74 valence electrons. The number of aliphatic carboxylic acids is 1. The molecule has 1 rings (SSSR count). The molecule has 0 heterocycles. The summed E-state index contributed by atoms with van der Waals surface area (Å²) < 4.78 is 1.58. The zero-order valence-corrected chi connectivity index (χ0v) is 10.6. The fourth-order valence-corrected chi connectivity index (χ4v) is 1.60. The fraction of sp³-hybridized carbons (Fsp3) is 0.100. The van der Waals surface area contributed by atoms with Gasteiger partial charge in [-0.15, -0.1) is 0 Å². The first-order valence-electron chi connectivity index (χ1n) is 3.88. The lowest BCUT2D eigenvalue weighted by Gasteiger charge is -2.02. The van der Waals surface area contributed by atoms with Gasteiger partial charge in [-0.05, 0) is 40.5 Å². The third-order valence-electron chi connectivity index (χ3n) is 1.75. The largest absolute Gasteiger partial charge is 0.478 e. The van der Waals surface area contributed by atoms with E-state index in [4.69, 9.17) is 5.11 Å². The Hall–Kier alpha value is -0.610. The van der Waals surface area contributed by atoms with Crippen molar-refractivity contribution in [3.63, 3.8) is 0 Å². The number of hydrogen-bond acceptors (Lipinski definition) is 1. The minimum absolute atomic E-state index is 0.298. The van der Waals surface area contributed by atoms with Crippen LogP contribution in [0.25, 0.3) is 4.48 Å². The molecule has 0 bridgehead atoms. The van der Waals surface area contributed by atoms with Gasteiger partial charge >= 0.3 is 5.97 Å². The molecule has 1 aromatic carbocycles. The van der Waals surface area contributed by atoms with Gasteiger partial charge in [-0.3, -0.25) is 0 Å². The molecule has 0 spiro atoms. The summed E-state index contributed by atoms with van der Waals surface area (Å²) in [5.74, 6) is -0.917. The minimum Gasteiger partial charge on any atom is -0.478 e. The van der Waals surface area contributed by atoms with Crippen molar-refractivity contribution in [3.05, 3.63) is 39.9 Å². The molecule has 0 unspecified atom stereocenters. The monoisotopic (exact) mass is 318 g/mol. The van der Waals surface area contributed by atoms with Crippen molar-refractivity contribution in [1.82, 2.24) is 0 Å². The van der Waals surface area contributed by atoms with Crippen LogP contribution in [0.5, 0.6) is 0 Å². The SMILES string of the molecule is CC(C(=O)O)=C(Br)c1ccc(Br)cc1. The molecule has 0 fully saturated rings. The highest BCUT2D eigenvalue weighted by molar-refractivity contribution is 9.15. The lowest BCUT2D eigenvalue weighted by Crippen LogP contribution is -1.97. The van der Waals surface area contributed by atoms with Gasteiger partial charge in [-0.1, -0.05) is 28.1 Å². The van der Waals surface area contributed by atoms with Crippen LogP contribution < -0.4 is 0 Å². The van der Waals surface area contributed by atoms with E-state index in [2.05, 4.69) is 31.9 Å². The molecular formula is C10H8Br2O2. The predicted octanol–water partition coefficient (Wildman–Crippen LogP) is 3.66. The van der Waals surface area contributed by atoms with Gasteiger partial charge in [0, 0.05) is 14.5 Å². The van der Waals surface area contributed by atoms with Gasteiger partial charge in [0.05, 0.1) is 0 Å². The van der Waals surface area contributed by atoms with E-state index in [0.29, 0.717) is 10.1 Å². The molecule has 0 aliphatic heterocycles. The van der Waals surface area contributed by atoms with Crippen LogP contribution in [0.4, 0.5) is 0 Å². The molecule has 0 aliphatic carbocycles.